The highest BCUT2D eigenvalue weighted by molar-refractivity contribution is 7.92. The van der Waals surface area contributed by atoms with Gasteiger partial charge in [0.2, 0.25) is 0 Å². The molecule has 2 atom stereocenters. The third-order valence-corrected chi connectivity index (χ3v) is 5.93. The van der Waals surface area contributed by atoms with Gasteiger partial charge in [0.15, 0.2) is 15.9 Å². The number of hydrogen-bond acceptors (Lipinski definition) is 4. The maximum absolute atomic E-state index is 12.0. The molecule has 1 saturated carbocycles. The van der Waals surface area contributed by atoms with E-state index >= 15 is 0 Å². The summed E-state index contributed by atoms with van der Waals surface area (Å²) < 4.78 is 29.3. The van der Waals surface area contributed by atoms with Crippen LogP contribution in [0.15, 0.2) is 0 Å². The Balaban J connectivity index is 1.91. The van der Waals surface area contributed by atoms with E-state index in [2.05, 4.69) is 0 Å². The number of rotatable bonds is 4. The van der Waals surface area contributed by atoms with Gasteiger partial charge in [-0.2, -0.15) is 0 Å². The van der Waals surface area contributed by atoms with Crippen molar-refractivity contribution in [3.63, 3.8) is 0 Å². The van der Waals surface area contributed by atoms with Crippen molar-refractivity contribution in [1.29, 1.82) is 0 Å². The first-order chi connectivity index (χ1) is 7.99. The number of aliphatic carboxylic acids is 1. The second-order valence-corrected chi connectivity index (χ2v) is 7.22. The van der Waals surface area contributed by atoms with Gasteiger partial charge in [0, 0.05) is 0 Å². The van der Waals surface area contributed by atoms with Crippen molar-refractivity contribution in [3.8, 4) is 0 Å². The molecule has 1 N–H and O–H groups in total. The van der Waals surface area contributed by atoms with Gasteiger partial charge in [0.05, 0.1) is 17.1 Å². The molecule has 5 nitrogen and oxygen atoms in total. The summed E-state index contributed by atoms with van der Waals surface area (Å²) in [5, 5.41) is 8.54. The van der Waals surface area contributed by atoms with Gasteiger partial charge < -0.3 is 9.84 Å². The molecule has 6 heteroatoms. The fourth-order valence-corrected chi connectivity index (χ4v) is 4.74. The van der Waals surface area contributed by atoms with Crippen molar-refractivity contribution >= 4 is 15.8 Å². The molecule has 1 saturated heterocycles. The maximum Gasteiger partial charge on any atom is 0.332 e. The monoisotopic (exact) mass is 262 g/mol. The van der Waals surface area contributed by atoms with Crippen molar-refractivity contribution in [2.75, 3.05) is 5.75 Å². The lowest BCUT2D eigenvalue weighted by molar-refractivity contribution is -0.148. The molecule has 0 amide bonds. The Morgan fingerprint density at radius 3 is 2.35 bits per heavy atom. The molecule has 0 aromatic rings. The maximum atomic E-state index is 12.0. The zero-order chi connectivity index (χ0) is 12.5. The van der Waals surface area contributed by atoms with Crippen LogP contribution < -0.4 is 0 Å². The van der Waals surface area contributed by atoms with Crippen molar-refractivity contribution in [2.45, 2.75) is 56.0 Å². The van der Waals surface area contributed by atoms with E-state index < -0.39 is 28.0 Å². The van der Waals surface area contributed by atoms with Crippen LogP contribution in [0, 0.1) is 0 Å². The molecular formula is C11H18O5S. The van der Waals surface area contributed by atoms with Crippen molar-refractivity contribution < 1.29 is 23.1 Å². The predicted octanol–water partition coefficient (Wildman–Crippen LogP) is 0.976. The summed E-state index contributed by atoms with van der Waals surface area (Å²) in [6.45, 7) is 0. The Bertz CT molecular complexity index is 383. The molecule has 1 heterocycles. The van der Waals surface area contributed by atoms with Crippen LogP contribution in [0.4, 0.5) is 0 Å². The van der Waals surface area contributed by atoms with Gasteiger partial charge in [-0.05, 0) is 25.7 Å². The summed E-state index contributed by atoms with van der Waals surface area (Å²) in [6, 6.07) is 0. The van der Waals surface area contributed by atoms with E-state index in [0.717, 1.165) is 25.7 Å². The van der Waals surface area contributed by atoms with Gasteiger partial charge in [0.25, 0.3) is 0 Å². The van der Waals surface area contributed by atoms with E-state index in [9.17, 15) is 13.2 Å². The molecule has 1 aliphatic carbocycles. The minimum absolute atomic E-state index is 0.0125. The predicted molar refractivity (Wildman–Crippen MR) is 61.6 cm³/mol. The average Bonchev–Trinajstić information content (AvgIpc) is 2.85. The molecule has 98 valence electrons. The van der Waals surface area contributed by atoms with Crippen LogP contribution in [0.2, 0.25) is 0 Å². The van der Waals surface area contributed by atoms with E-state index in [1.165, 1.54) is 0 Å². The van der Waals surface area contributed by atoms with Crippen LogP contribution in [-0.2, 0) is 19.4 Å². The van der Waals surface area contributed by atoms with Crippen molar-refractivity contribution in [2.24, 2.45) is 0 Å². The van der Waals surface area contributed by atoms with E-state index in [0.29, 0.717) is 12.8 Å². The number of hydrogen-bond donors (Lipinski definition) is 1. The summed E-state index contributed by atoms with van der Waals surface area (Å²) in [7, 11) is -3.11. The Hall–Kier alpha value is -0.620. The summed E-state index contributed by atoms with van der Waals surface area (Å²) in [4.78, 5) is 10.7. The van der Waals surface area contributed by atoms with Crippen LogP contribution in [0.3, 0.4) is 0 Å². The van der Waals surface area contributed by atoms with Gasteiger partial charge in [-0.1, -0.05) is 12.8 Å². The topological polar surface area (TPSA) is 80.7 Å². The quantitative estimate of drug-likeness (QED) is 0.816. The van der Waals surface area contributed by atoms with E-state index in [1.54, 1.807) is 0 Å². The van der Waals surface area contributed by atoms with Crippen LogP contribution in [0.25, 0.3) is 0 Å². The third kappa shape index (κ3) is 2.98. The molecule has 2 unspecified atom stereocenters. The highest BCUT2D eigenvalue weighted by Gasteiger charge is 2.36. The molecule has 2 aliphatic rings. The Labute approximate surface area is 101 Å². The molecular weight excluding hydrogens is 244 g/mol. The highest BCUT2D eigenvalue weighted by atomic mass is 32.2. The number of ether oxygens (including phenoxy) is 1. The lowest BCUT2D eigenvalue weighted by Gasteiger charge is -2.15. The van der Waals surface area contributed by atoms with Crippen LogP contribution in [0.1, 0.15) is 38.5 Å². The number of carbonyl (C=O) groups is 1. The zero-order valence-electron chi connectivity index (χ0n) is 9.67. The van der Waals surface area contributed by atoms with Crippen LogP contribution in [-0.4, -0.2) is 42.7 Å². The summed E-state index contributed by atoms with van der Waals surface area (Å²) in [5.74, 6) is -1.01. The molecule has 0 bridgehead atoms. The lowest BCUT2D eigenvalue weighted by Crippen LogP contribution is -2.30. The third-order valence-electron chi connectivity index (χ3n) is 3.61. The normalized spacial score (nSPS) is 30.8. The molecule has 17 heavy (non-hydrogen) atoms. The molecule has 0 radical (unpaired) electrons. The molecule has 1 aliphatic heterocycles. The van der Waals surface area contributed by atoms with Gasteiger partial charge in [-0.3, -0.25) is 0 Å². The Morgan fingerprint density at radius 1 is 1.18 bits per heavy atom. The first-order valence-electron chi connectivity index (χ1n) is 6.09. The van der Waals surface area contributed by atoms with E-state index in [4.69, 9.17) is 9.84 Å². The number of carboxylic acids is 1. The molecule has 2 rings (SSSR count). The van der Waals surface area contributed by atoms with Gasteiger partial charge >= 0.3 is 5.97 Å². The van der Waals surface area contributed by atoms with Crippen LogP contribution in [0.5, 0.6) is 0 Å². The summed E-state index contributed by atoms with van der Waals surface area (Å²) >= 11 is 0. The summed E-state index contributed by atoms with van der Waals surface area (Å²) in [5.41, 5.74) is 0. The Morgan fingerprint density at radius 2 is 1.82 bits per heavy atom. The second-order valence-electron chi connectivity index (χ2n) is 4.90. The number of carboxylic acid groups (broad SMARTS) is 1. The summed E-state index contributed by atoms with van der Waals surface area (Å²) in [6.07, 6.45) is 3.15. The highest BCUT2D eigenvalue weighted by Crippen LogP contribution is 2.28. The van der Waals surface area contributed by atoms with Gasteiger partial charge in [-0.25, -0.2) is 13.2 Å². The minimum atomic E-state index is -3.11. The van der Waals surface area contributed by atoms with E-state index in [1.807, 2.05) is 0 Å². The Kier molecular flexibility index (Phi) is 3.73. The van der Waals surface area contributed by atoms with Crippen molar-refractivity contribution in [1.82, 2.24) is 0 Å². The SMILES string of the molecule is O=C(O)C1CCC(CS(=O)(=O)C2CCCC2)O1. The van der Waals surface area contributed by atoms with Crippen LogP contribution >= 0.6 is 0 Å². The standard InChI is InChI=1S/C11H18O5S/c12-11(13)10-6-5-8(16-10)7-17(14,15)9-3-1-2-4-9/h8-10H,1-7H2,(H,12,13). The largest absolute Gasteiger partial charge is 0.479 e. The minimum Gasteiger partial charge on any atom is -0.479 e. The molecule has 0 aromatic carbocycles. The first kappa shape index (κ1) is 12.8. The molecule has 2 fully saturated rings. The molecule has 0 spiro atoms. The fraction of sp³-hybridized carbons (Fsp3) is 0.909. The second kappa shape index (κ2) is 4.94. The number of sulfone groups is 1. The van der Waals surface area contributed by atoms with Gasteiger partial charge in [0.1, 0.15) is 0 Å². The average molecular weight is 262 g/mol. The smallest absolute Gasteiger partial charge is 0.332 e. The van der Waals surface area contributed by atoms with E-state index in [-0.39, 0.29) is 11.0 Å². The van der Waals surface area contributed by atoms with Crippen molar-refractivity contribution in [3.05, 3.63) is 0 Å². The zero-order valence-corrected chi connectivity index (χ0v) is 10.5. The van der Waals surface area contributed by atoms with Gasteiger partial charge in [-0.15, -0.1) is 0 Å². The lowest BCUT2D eigenvalue weighted by atomic mass is 10.2. The molecule has 0 aromatic heterocycles. The first-order valence-corrected chi connectivity index (χ1v) is 7.80. The fourth-order valence-electron chi connectivity index (χ4n) is 2.65.